The van der Waals surface area contributed by atoms with E-state index < -0.39 is 51.9 Å². The van der Waals surface area contributed by atoms with Crippen molar-refractivity contribution in [1.82, 2.24) is 4.91 Å². The van der Waals surface area contributed by atoms with E-state index in [2.05, 4.69) is 123 Å². The van der Waals surface area contributed by atoms with Gasteiger partial charge < -0.3 is 0 Å². The van der Waals surface area contributed by atoms with E-state index in [1.165, 1.54) is 12.7 Å². The molecule has 1 atom stereocenters. The van der Waals surface area contributed by atoms with Crippen molar-refractivity contribution in [2.75, 3.05) is 0 Å². The maximum atomic E-state index is 4.27. The molecule has 0 amide bonds. The molecule has 8 heteroatoms. The molecule has 0 aromatic rings. The van der Waals surface area contributed by atoms with Crippen LogP contribution < -0.4 is 0 Å². The van der Waals surface area contributed by atoms with Gasteiger partial charge in [0.2, 0.25) is 0 Å². The maximum absolute atomic E-state index is 4.27. The Bertz CT molecular complexity index is 840. The molecule has 2 aliphatic rings. The Labute approximate surface area is 229 Å². The molecule has 0 N–H and O–H groups in total. The number of allylic oxidation sites excluding steroid dienone is 5. The molecule has 2 aliphatic heterocycles. The van der Waals surface area contributed by atoms with Crippen molar-refractivity contribution in [3.8, 4) is 0 Å². The van der Waals surface area contributed by atoms with Gasteiger partial charge in [-0.15, -0.1) is 0 Å². The molecule has 1 unspecified atom stereocenters. The third kappa shape index (κ3) is 5.96. The molecule has 0 aromatic heterocycles. The van der Waals surface area contributed by atoms with Crippen LogP contribution in [0.15, 0.2) is 43.4 Å². The quantitative estimate of drug-likeness (QED) is 0.172. The summed E-state index contributed by atoms with van der Waals surface area (Å²) < 4.78 is 10.7. The van der Waals surface area contributed by atoms with Crippen LogP contribution in [0.25, 0.3) is 0 Å². The van der Waals surface area contributed by atoms with Crippen LogP contribution in [0.1, 0.15) is 33.1 Å². The van der Waals surface area contributed by atoms with Gasteiger partial charge in [0.25, 0.3) is 0 Å². The van der Waals surface area contributed by atoms with E-state index in [1.807, 2.05) is 7.08 Å². The first-order valence-electron chi connectivity index (χ1n) is 13.9. The van der Waals surface area contributed by atoms with E-state index in [0.29, 0.717) is 6.71 Å². The summed E-state index contributed by atoms with van der Waals surface area (Å²) in [4.78, 5) is 0. The van der Waals surface area contributed by atoms with Gasteiger partial charge in [0.05, 0.1) is 0 Å². The summed E-state index contributed by atoms with van der Waals surface area (Å²) in [5.41, 5.74) is 3.55. The van der Waals surface area contributed by atoms with Crippen LogP contribution in [0.5, 0.6) is 0 Å². The zero-order valence-corrected chi connectivity index (χ0v) is 32.8. The second-order valence-electron chi connectivity index (χ2n) is 15.2. The molecule has 0 bridgehead atoms. The molecule has 0 fully saturated rings. The van der Waals surface area contributed by atoms with Gasteiger partial charge in [-0.1, -0.05) is 0 Å². The van der Waals surface area contributed by atoms with Gasteiger partial charge in [-0.2, -0.15) is 0 Å². The summed E-state index contributed by atoms with van der Waals surface area (Å²) in [6, 6.07) is 0. The number of fused-ring (bicyclic) bond motifs is 1. The summed E-state index contributed by atoms with van der Waals surface area (Å²) in [5, 5.41) is 0. The van der Waals surface area contributed by atoms with Crippen LogP contribution in [-0.4, -0.2) is 63.5 Å². The predicted octanol–water partition coefficient (Wildman–Crippen LogP) is 8.84. The van der Waals surface area contributed by atoms with Gasteiger partial charge in [-0.25, -0.2) is 0 Å². The molecular formula is C27H57BN2Si4Sn. The summed E-state index contributed by atoms with van der Waals surface area (Å²) >= 11 is -3.47. The molecule has 2 rings (SSSR count). The van der Waals surface area contributed by atoms with Gasteiger partial charge in [-0.05, 0) is 0 Å². The van der Waals surface area contributed by atoms with E-state index >= 15 is 0 Å². The van der Waals surface area contributed by atoms with Gasteiger partial charge in [0.1, 0.15) is 0 Å². The fourth-order valence-electron chi connectivity index (χ4n) is 8.42. The van der Waals surface area contributed by atoms with Crippen molar-refractivity contribution >= 4 is 58.6 Å². The standard InChI is InChI=1S/C15H21B.2C6H18NSi2.Sn/c1-5-8-14-10-13(4)11-16(12-14)15(7-3)9-6-2;2*1-8(2,3)7-9(4,5)6;/h5-6,14H,1-2,8-10,12H2,3-4H3;2*1-6H3;/q;2*-1;+2. The van der Waals surface area contributed by atoms with E-state index in [1.54, 1.807) is 11.0 Å². The molecule has 0 saturated heterocycles. The van der Waals surface area contributed by atoms with Gasteiger partial charge in [0.15, 0.2) is 0 Å². The monoisotopic (exact) mass is 652 g/mol. The van der Waals surface area contributed by atoms with Crippen LogP contribution in [0.4, 0.5) is 0 Å². The van der Waals surface area contributed by atoms with Gasteiger partial charge in [-0.3, -0.25) is 0 Å². The molecule has 0 aliphatic carbocycles. The van der Waals surface area contributed by atoms with Crippen molar-refractivity contribution in [1.29, 1.82) is 0 Å². The fraction of sp³-hybridized carbons (Fsp3) is 0.704. The van der Waals surface area contributed by atoms with Crippen molar-refractivity contribution < 1.29 is 0 Å². The summed E-state index contributed by atoms with van der Waals surface area (Å²) in [7, 11) is -6.53. The summed E-state index contributed by atoms with van der Waals surface area (Å²) in [6.45, 7) is 46.3. The van der Waals surface area contributed by atoms with E-state index in [4.69, 9.17) is 0 Å². The minimum absolute atomic E-state index is 0.646. The Morgan fingerprint density at radius 3 is 1.57 bits per heavy atom. The number of hydrogen-bond donors (Lipinski definition) is 0. The van der Waals surface area contributed by atoms with Crippen LogP contribution in [-0.2, 0) is 0 Å². The normalized spacial score (nSPS) is 21.8. The van der Waals surface area contributed by atoms with E-state index in [9.17, 15) is 0 Å². The van der Waals surface area contributed by atoms with Crippen LogP contribution in [0.2, 0.25) is 84.9 Å². The van der Waals surface area contributed by atoms with E-state index in [-0.39, 0.29) is 0 Å². The second-order valence-corrected chi connectivity index (χ2v) is 50.5. The first kappa shape index (κ1) is 31.8. The second kappa shape index (κ2) is 10.6. The molecule has 198 valence electrons. The van der Waals surface area contributed by atoms with Crippen LogP contribution in [0.3, 0.4) is 0 Å². The van der Waals surface area contributed by atoms with Crippen LogP contribution >= 0.6 is 0 Å². The third-order valence-corrected chi connectivity index (χ3v) is 65.0. The topological polar surface area (TPSA) is 6.48 Å². The van der Waals surface area contributed by atoms with E-state index in [0.717, 1.165) is 18.8 Å². The molecule has 0 aromatic carbocycles. The first-order chi connectivity index (χ1) is 15.7. The Morgan fingerprint density at radius 2 is 1.23 bits per heavy atom. The zero-order chi connectivity index (χ0) is 27.4. The van der Waals surface area contributed by atoms with Crippen molar-refractivity contribution in [2.45, 2.75) is 118 Å². The number of rotatable bonds is 10. The predicted molar refractivity (Wildman–Crippen MR) is 177 cm³/mol. The summed E-state index contributed by atoms with van der Waals surface area (Å²) in [5.74, 6) is 0.746. The molecule has 0 saturated carbocycles. The van der Waals surface area contributed by atoms with Crippen molar-refractivity contribution in [3.05, 3.63) is 43.4 Å². The Kier molecular flexibility index (Phi) is 9.68. The molecule has 2 heterocycles. The van der Waals surface area contributed by atoms with Gasteiger partial charge >= 0.3 is 231 Å². The molecular weight excluding hydrogens is 594 g/mol. The number of nitrogens with zero attached hydrogens (tertiary/aromatic N) is 2. The number of hydrogen-bond acceptors (Lipinski definition) is 2. The Morgan fingerprint density at radius 1 is 0.800 bits per heavy atom. The first-order valence-corrected chi connectivity index (χ1v) is 33.1. The SMILES string of the molecule is C=CCC1=[C](C)[Sn]([N]([Si](C)(C)C)[Si](C)(C)C)([N]([Si](C)(C)C)[Si](C)(C)C)[C]2=C(C)CC(CC=C)CB12. The Balaban J connectivity index is 3.20. The zero-order valence-electron chi connectivity index (χ0n) is 25.9. The van der Waals surface area contributed by atoms with Crippen molar-refractivity contribution in [2.24, 2.45) is 5.92 Å². The fourth-order valence-corrected chi connectivity index (χ4v) is 86.0. The molecule has 2 nitrogen and oxygen atoms in total. The average Bonchev–Trinajstić information content (AvgIpc) is 2.80. The molecule has 35 heavy (non-hydrogen) atoms. The average molecular weight is 652 g/mol. The summed E-state index contributed by atoms with van der Waals surface area (Å²) in [6.07, 6.45) is 9.22. The Hall–Kier alpha value is 0.611. The minimum atomic E-state index is -3.47. The van der Waals surface area contributed by atoms with Crippen LogP contribution in [0, 0.1) is 5.92 Å². The molecule has 0 radical (unpaired) electrons. The third-order valence-electron chi connectivity index (χ3n) is 7.97. The van der Waals surface area contributed by atoms with Gasteiger partial charge in [0, 0.05) is 0 Å². The molecule has 0 spiro atoms. The van der Waals surface area contributed by atoms with Crippen molar-refractivity contribution in [3.63, 3.8) is 0 Å².